The first-order valence-corrected chi connectivity index (χ1v) is 7.26. The standard InChI is InChI=1S/C13H19Cl2N3/c1-2-16-9-11-5-3-4-6-18(11)13-12(15)7-10(14)8-17-13/h7-8,11,16H,2-6,9H2,1H3. The SMILES string of the molecule is CCNCC1CCCCN1c1ncc(Cl)cc1Cl. The molecule has 1 aromatic heterocycles. The van der Waals surface area contributed by atoms with Crippen LogP contribution in [0.2, 0.25) is 10.0 Å². The Morgan fingerprint density at radius 1 is 1.44 bits per heavy atom. The molecule has 0 aromatic carbocycles. The van der Waals surface area contributed by atoms with Gasteiger partial charge in [0, 0.05) is 25.3 Å². The van der Waals surface area contributed by atoms with Gasteiger partial charge in [-0.05, 0) is 31.9 Å². The Morgan fingerprint density at radius 2 is 2.28 bits per heavy atom. The Labute approximate surface area is 118 Å². The van der Waals surface area contributed by atoms with Crippen molar-refractivity contribution in [3.63, 3.8) is 0 Å². The Kier molecular flexibility index (Phi) is 5.10. The van der Waals surface area contributed by atoms with Crippen LogP contribution >= 0.6 is 23.2 Å². The third kappa shape index (κ3) is 3.28. The molecule has 1 atom stereocenters. The second-order valence-corrected chi connectivity index (χ2v) is 5.45. The summed E-state index contributed by atoms with van der Waals surface area (Å²) in [4.78, 5) is 6.70. The van der Waals surface area contributed by atoms with Crippen LogP contribution in [0.1, 0.15) is 26.2 Å². The largest absolute Gasteiger partial charge is 0.351 e. The van der Waals surface area contributed by atoms with E-state index in [1.807, 2.05) is 0 Å². The second-order valence-electron chi connectivity index (χ2n) is 4.61. The Bertz CT molecular complexity index is 398. The van der Waals surface area contributed by atoms with E-state index in [4.69, 9.17) is 23.2 Å². The predicted octanol–water partition coefficient (Wildman–Crippen LogP) is 3.36. The van der Waals surface area contributed by atoms with Gasteiger partial charge in [-0.3, -0.25) is 0 Å². The lowest BCUT2D eigenvalue weighted by Crippen LogP contribution is -2.46. The topological polar surface area (TPSA) is 28.2 Å². The average molecular weight is 288 g/mol. The lowest BCUT2D eigenvalue weighted by molar-refractivity contribution is 0.436. The van der Waals surface area contributed by atoms with E-state index < -0.39 is 0 Å². The van der Waals surface area contributed by atoms with E-state index in [1.165, 1.54) is 19.3 Å². The molecule has 1 unspecified atom stereocenters. The molecule has 2 heterocycles. The minimum atomic E-state index is 0.477. The highest BCUT2D eigenvalue weighted by Gasteiger charge is 2.24. The number of rotatable bonds is 4. The maximum atomic E-state index is 6.25. The van der Waals surface area contributed by atoms with Crippen LogP contribution in [0.3, 0.4) is 0 Å². The van der Waals surface area contributed by atoms with Crippen molar-refractivity contribution in [1.82, 2.24) is 10.3 Å². The highest BCUT2D eigenvalue weighted by atomic mass is 35.5. The lowest BCUT2D eigenvalue weighted by Gasteiger charge is -2.37. The predicted molar refractivity (Wildman–Crippen MR) is 77.8 cm³/mol. The molecule has 0 radical (unpaired) electrons. The molecule has 5 heteroatoms. The smallest absolute Gasteiger partial charge is 0.147 e. The highest BCUT2D eigenvalue weighted by molar-refractivity contribution is 6.36. The van der Waals surface area contributed by atoms with Crippen LogP contribution in [0.25, 0.3) is 0 Å². The molecule has 3 nitrogen and oxygen atoms in total. The number of nitrogens with one attached hydrogen (secondary N) is 1. The summed E-state index contributed by atoms with van der Waals surface area (Å²) in [5.41, 5.74) is 0. The molecule has 18 heavy (non-hydrogen) atoms. The first-order chi connectivity index (χ1) is 8.72. The van der Waals surface area contributed by atoms with Crippen molar-refractivity contribution >= 4 is 29.0 Å². The zero-order valence-electron chi connectivity index (χ0n) is 10.6. The van der Waals surface area contributed by atoms with Gasteiger partial charge >= 0.3 is 0 Å². The summed E-state index contributed by atoms with van der Waals surface area (Å²) < 4.78 is 0. The van der Waals surface area contributed by atoms with Crippen molar-refractivity contribution in [3.8, 4) is 0 Å². The minimum Gasteiger partial charge on any atom is -0.351 e. The Morgan fingerprint density at radius 3 is 3.00 bits per heavy atom. The summed E-state index contributed by atoms with van der Waals surface area (Å²) in [5.74, 6) is 0.865. The highest BCUT2D eigenvalue weighted by Crippen LogP contribution is 2.30. The number of likely N-dealkylation sites (N-methyl/N-ethyl adjacent to an activating group) is 1. The quantitative estimate of drug-likeness (QED) is 0.921. The van der Waals surface area contributed by atoms with Gasteiger partial charge < -0.3 is 10.2 Å². The van der Waals surface area contributed by atoms with Gasteiger partial charge in [0.15, 0.2) is 0 Å². The number of hydrogen-bond donors (Lipinski definition) is 1. The Balaban J connectivity index is 2.16. The van der Waals surface area contributed by atoms with Crippen LogP contribution < -0.4 is 10.2 Å². The molecule has 1 saturated heterocycles. The fraction of sp³-hybridized carbons (Fsp3) is 0.615. The number of pyridine rings is 1. The van der Waals surface area contributed by atoms with Crippen LogP contribution in [-0.4, -0.2) is 30.7 Å². The van der Waals surface area contributed by atoms with Crippen LogP contribution in [0.5, 0.6) is 0 Å². The molecule has 1 aliphatic heterocycles. The zero-order chi connectivity index (χ0) is 13.0. The first kappa shape index (κ1) is 13.9. The van der Waals surface area contributed by atoms with Crippen molar-refractivity contribution in [3.05, 3.63) is 22.3 Å². The molecule has 1 N–H and O–H groups in total. The summed E-state index contributed by atoms with van der Waals surface area (Å²) in [6.45, 7) is 5.12. The van der Waals surface area contributed by atoms with Crippen molar-refractivity contribution in [2.75, 3.05) is 24.5 Å². The van der Waals surface area contributed by atoms with Gasteiger partial charge in [-0.2, -0.15) is 0 Å². The maximum absolute atomic E-state index is 6.25. The number of halogens is 2. The number of hydrogen-bond acceptors (Lipinski definition) is 3. The Hall–Kier alpha value is -0.510. The molecular weight excluding hydrogens is 269 g/mol. The normalized spacial score (nSPS) is 20.2. The molecule has 0 amide bonds. The van der Waals surface area contributed by atoms with Crippen LogP contribution in [0.4, 0.5) is 5.82 Å². The van der Waals surface area contributed by atoms with E-state index in [1.54, 1.807) is 12.3 Å². The first-order valence-electron chi connectivity index (χ1n) is 6.50. The molecule has 100 valence electrons. The van der Waals surface area contributed by atoms with E-state index in [0.717, 1.165) is 25.5 Å². The van der Waals surface area contributed by atoms with Gasteiger partial charge in [0.25, 0.3) is 0 Å². The van der Waals surface area contributed by atoms with Gasteiger partial charge in [0.2, 0.25) is 0 Å². The number of nitrogens with zero attached hydrogens (tertiary/aromatic N) is 2. The van der Waals surface area contributed by atoms with Crippen LogP contribution in [0.15, 0.2) is 12.3 Å². The molecule has 0 spiro atoms. The number of piperidine rings is 1. The molecule has 0 aliphatic carbocycles. The second kappa shape index (κ2) is 6.60. The van der Waals surface area contributed by atoms with E-state index in [-0.39, 0.29) is 0 Å². The van der Waals surface area contributed by atoms with E-state index in [2.05, 4.69) is 22.1 Å². The van der Waals surface area contributed by atoms with Crippen molar-refractivity contribution in [2.45, 2.75) is 32.2 Å². The molecule has 0 saturated carbocycles. The maximum Gasteiger partial charge on any atom is 0.147 e. The van der Waals surface area contributed by atoms with Gasteiger partial charge in [-0.15, -0.1) is 0 Å². The van der Waals surface area contributed by atoms with E-state index in [0.29, 0.717) is 16.1 Å². The average Bonchev–Trinajstić information content (AvgIpc) is 2.37. The molecular formula is C13H19Cl2N3. The minimum absolute atomic E-state index is 0.477. The molecule has 1 aromatic rings. The molecule has 0 bridgehead atoms. The van der Waals surface area contributed by atoms with Gasteiger partial charge in [0.05, 0.1) is 10.0 Å². The summed E-state index contributed by atoms with van der Waals surface area (Å²) in [5, 5.41) is 4.64. The molecule has 2 rings (SSSR count). The monoisotopic (exact) mass is 287 g/mol. The fourth-order valence-corrected chi connectivity index (χ4v) is 2.91. The fourth-order valence-electron chi connectivity index (χ4n) is 2.42. The van der Waals surface area contributed by atoms with Crippen molar-refractivity contribution in [1.29, 1.82) is 0 Å². The van der Waals surface area contributed by atoms with Gasteiger partial charge in [-0.25, -0.2) is 4.98 Å². The van der Waals surface area contributed by atoms with E-state index in [9.17, 15) is 0 Å². The van der Waals surface area contributed by atoms with Crippen LogP contribution in [0, 0.1) is 0 Å². The third-order valence-corrected chi connectivity index (χ3v) is 3.80. The molecule has 1 aliphatic rings. The summed E-state index contributed by atoms with van der Waals surface area (Å²) in [6.07, 6.45) is 5.33. The van der Waals surface area contributed by atoms with E-state index >= 15 is 0 Å². The van der Waals surface area contributed by atoms with Crippen molar-refractivity contribution in [2.24, 2.45) is 0 Å². The van der Waals surface area contributed by atoms with Crippen LogP contribution in [-0.2, 0) is 0 Å². The lowest BCUT2D eigenvalue weighted by atomic mass is 10.0. The summed E-state index contributed by atoms with van der Waals surface area (Å²) in [6, 6.07) is 2.24. The summed E-state index contributed by atoms with van der Waals surface area (Å²) in [7, 11) is 0. The summed E-state index contributed by atoms with van der Waals surface area (Å²) >= 11 is 12.2. The zero-order valence-corrected chi connectivity index (χ0v) is 12.1. The van der Waals surface area contributed by atoms with Crippen molar-refractivity contribution < 1.29 is 0 Å². The third-order valence-electron chi connectivity index (χ3n) is 3.32. The number of aromatic nitrogens is 1. The van der Waals surface area contributed by atoms with Gasteiger partial charge in [0.1, 0.15) is 5.82 Å². The number of anilines is 1. The van der Waals surface area contributed by atoms with Gasteiger partial charge in [-0.1, -0.05) is 30.1 Å². The molecule has 1 fully saturated rings.